The summed E-state index contributed by atoms with van der Waals surface area (Å²) in [4.78, 5) is 4.73. The molecule has 3 nitrogen and oxygen atoms in total. The van der Waals surface area contributed by atoms with Crippen LogP contribution in [-0.4, -0.2) is 16.1 Å². The highest BCUT2D eigenvalue weighted by atomic mass is 15.1. The molecular formula is C14H21N3. The van der Waals surface area contributed by atoms with Crippen LogP contribution in [0, 0.1) is 13.8 Å². The summed E-state index contributed by atoms with van der Waals surface area (Å²) in [7, 11) is 0. The number of benzene rings is 1. The van der Waals surface area contributed by atoms with Crippen LogP contribution in [-0.2, 0) is 13.0 Å². The Morgan fingerprint density at radius 1 is 1.24 bits per heavy atom. The van der Waals surface area contributed by atoms with Crippen LogP contribution in [0.25, 0.3) is 11.0 Å². The van der Waals surface area contributed by atoms with Gasteiger partial charge in [-0.2, -0.15) is 0 Å². The van der Waals surface area contributed by atoms with Crippen LogP contribution >= 0.6 is 0 Å². The molecule has 0 unspecified atom stereocenters. The molecule has 2 N–H and O–H groups in total. The van der Waals surface area contributed by atoms with Gasteiger partial charge in [0.1, 0.15) is 5.82 Å². The van der Waals surface area contributed by atoms with Crippen molar-refractivity contribution in [1.29, 1.82) is 0 Å². The Labute approximate surface area is 103 Å². The number of rotatable bonds is 4. The van der Waals surface area contributed by atoms with Crippen molar-refractivity contribution in [3.63, 3.8) is 0 Å². The van der Waals surface area contributed by atoms with Gasteiger partial charge in [0.25, 0.3) is 0 Å². The van der Waals surface area contributed by atoms with Gasteiger partial charge in [-0.15, -0.1) is 0 Å². The van der Waals surface area contributed by atoms with E-state index in [0.717, 1.165) is 30.7 Å². The minimum atomic E-state index is 0.662. The molecule has 0 saturated carbocycles. The van der Waals surface area contributed by atoms with E-state index in [-0.39, 0.29) is 0 Å². The third kappa shape index (κ3) is 2.20. The molecule has 0 aliphatic rings. The molecule has 17 heavy (non-hydrogen) atoms. The minimum Gasteiger partial charge on any atom is -0.329 e. The summed E-state index contributed by atoms with van der Waals surface area (Å²) in [5.74, 6) is 1.16. The average Bonchev–Trinajstić information content (AvgIpc) is 2.59. The fraction of sp³-hybridized carbons (Fsp3) is 0.500. The van der Waals surface area contributed by atoms with Crippen molar-refractivity contribution >= 4 is 11.0 Å². The van der Waals surface area contributed by atoms with Gasteiger partial charge < -0.3 is 10.3 Å². The van der Waals surface area contributed by atoms with Gasteiger partial charge in [-0.05, 0) is 43.5 Å². The van der Waals surface area contributed by atoms with Gasteiger partial charge in [0.05, 0.1) is 11.0 Å². The monoisotopic (exact) mass is 231 g/mol. The molecule has 0 aliphatic heterocycles. The van der Waals surface area contributed by atoms with Crippen LogP contribution in [0.4, 0.5) is 0 Å². The zero-order valence-electron chi connectivity index (χ0n) is 11.0. The zero-order valence-corrected chi connectivity index (χ0v) is 11.0. The molecule has 0 saturated heterocycles. The lowest BCUT2D eigenvalue weighted by molar-refractivity contribution is 0.667. The molecule has 1 heterocycles. The first-order chi connectivity index (χ1) is 8.17. The van der Waals surface area contributed by atoms with Crippen LogP contribution in [0.3, 0.4) is 0 Å². The van der Waals surface area contributed by atoms with Gasteiger partial charge in [0, 0.05) is 19.5 Å². The number of hydrogen-bond donors (Lipinski definition) is 1. The molecule has 0 radical (unpaired) electrons. The summed E-state index contributed by atoms with van der Waals surface area (Å²) in [6.07, 6.45) is 2.14. The molecule has 0 atom stereocenters. The topological polar surface area (TPSA) is 43.8 Å². The largest absolute Gasteiger partial charge is 0.329 e. The van der Waals surface area contributed by atoms with Crippen molar-refractivity contribution in [2.75, 3.05) is 6.54 Å². The quantitative estimate of drug-likeness (QED) is 0.879. The van der Waals surface area contributed by atoms with Crippen molar-refractivity contribution in [2.24, 2.45) is 5.73 Å². The summed E-state index contributed by atoms with van der Waals surface area (Å²) >= 11 is 0. The average molecular weight is 231 g/mol. The summed E-state index contributed by atoms with van der Waals surface area (Å²) in [5, 5.41) is 0. The van der Waals surface area contributed by atoms with E-state index in [2.05, 4.69) is 37.5 Å². The number of nitrogens with two attached hydrogens (primary N) is 1. The molecular weight excluding hydrogens is 210 g/mol. The number of nitrogens with zero attached hydrogens (tertiary/aromatic N) is 2. The van der Waals surface area contributed by atoms with Gasteiger partial charge in [-0.25, -0.2) is 4.98 Å². The van der Waals surface area contributed by atoms with Crippen LogP contribution in [0.1, 0.15) is 30.3 Å². The number of fused-ring (bicyclic) bond motifs is 1. The van der Waals surface area contributed by atoms with Crippen molar-refractivity contribution in [3.05, 3.63) is 29.1 Å². The zero-order chi connectivity index (χ0) is 12.4. The molecule has 92 valence electrons. The molecule has 2 aromatic rings. The van der Waals surface area contributed by atoms with E-state index in [1.165, 1.54) is 16.6 Å². The lowest BCUT2D eigenvalue weighted by Gasteiger charge is -2.07. The van der Waals surface area contributed by atoms with Crippen LogP contribution < -0.4 is 5.73 Å². The standard InChI is InChI=1S/C14H21N3/c1-4-5-14-16-12-8-10(2)11(3)9-13(12)17(14)7-6-15/h8-9H,4-7,15H2,1-3H3. The predicted octanol–water partition coefficient (Wildman–Crippen LogP) is 2.56. The van der Waals surface area contributed by atoms with Gasteiger partial charge in [0.2, 0.25) is 0 Å². The second kappa shape index (κ2) is 4.88. The van der Waals surface area contributed by atoms with E-state index in [1.54, 1.807) is 0 Å². The summed E-state index contributed by atoms with van der Waals surface area (Å²) in [6, 6.07) is 4.41. The Hall–Kier alpha value is -1.35. The molecule has 1 aromatic heterocycles. The second-order valence-corrected chi connectivity index (χ2v) is 4.64. The van der Waals surface area contributed by atoms with Gasteiger partial charge in [0.15, 0.2) is 0 Å². The maximum Gasteiger partial charge on any atom is 0.109 e. The van der Waals surface area contributed by atoms with Gasteiger partial charge in [-0.1, -0.05) is 6.92 Å². The Morgan fingerprint density at radius 3 is 2.59 bits per heavy atom. The maximum absolute atomic E-state index is 5.70. The SMILES string of the molecule is CCCc1nc2cc(C)c(C)cc2n1CCN. The highest BCUT2D eigenvalue weighted by Gasteiger charge is 2.10. The van der Waals surface area contributed by atoms with E-state index in [9.17, 15) is 0 Å². The maximum atomic E-state index is 5.70. The third-order valence-electron chi connectivity index (χ3n) is 3.27. The molecule has 0 aliphatic carbocycles. The smallest absolute Gasteiger partial charge is 0.109 e. The molecule has 0 amide bonds. The van der Waals surface area contributed by atoms with Crippen LogP contribution in [0.2, 0.25) is 0 Å². The summed E-state index contributed by atoms with van der Waals surface area (Å²) in [6.45, 7) is 7.98. The first-order valence-electron chi connectivity index (χ1n) is 6.33. The first kappa shape index (κ1) is 12.1. The van der Waals surface area contributed by atoms with E-state index in [1.807, 2.05) is 0 Å². The normalized spacial score (nSPS) is 11.3. The van der Waals surface area contributed by atoms with E-state index in [4.69, 9.17) is 10.7 Å². The summed E-state index contributed by atoms with van der Waals surface area (Å²) in [5.41, 5.74) is 10.6. The summed E-state index contributed by atoms with van der Waals surface area (Å²) < 4.78 is 2.27. The molecule has 0 spiro atoms. The van der Waals surface area contributed by atoms with Crippen molar-refractivity contribution in [1.82, 2.24) is 9.55 Å². The van der Waals surface area contributed by atoms with Crippen molar-refractivity contribution in [3.8, 4) is 0 Å². The molecule has 3 heteroatoms. The molecule has 1 aromatic carbocycles. The number of aryl methyl sites for hydroxylation is 3. The predicted molar refractivity (Wildman–Crippen MR) is 72.3 cm³/mol. The van der Waals surface area contributed by atoms with Crippen molar-refractivity contribution < 1.29 is 0 Å². The number of aromatic nitrogens is 2. The highest BCUT2D eigenvalue weighted by Crippen LogP contribution is 2.21. The number of imidazole rings is 1. The first-order valence-corrected chi connectivity index (χ1v) is 6.33. The Bertz CT molecular complexity index is 526. The van der Waals surface area contributed by atoms with Crippen molar-refractivity contribution in [2.45, 2.75) is 40.2 Å². The van der Waals surface area contributed by atoms with Crippen LogP contribution in [0.5, 0.6) is 0 Å². The molecule has 2 rings (SSSR count). The molecule has 0 fully saturated rings. The fourth-order valence-electron chi connectivity index (χ4n) is 2.22. The second-order valence-electron chi connectivity index (χ2n) is 4.64. The number of hydrogen-bond acceptors (Lipinski definition) is 2. The third-order valence-corrected chi connectivity index (χ3v) is 3.27. The van der Waals surface area contributed by atoms with E-state index in [0.29, 0.717) is 6.54 Å². The lowest BCUT2D eigenvalue weighted by atomic mass is 10.1. The Morgan fingerprint density at radius 2 is 1.94 bits per heavy atom. The van der Waals surface area contributed by atoms with Gasteiger partial charge in [-0.3, -0.25) is 0 Å². The van der Waals surface area contributed by atoms with Gasteiger partial charge >= 0.3 is 0 Å². The van der Waals surface area contributed by atoms with E-state index >= 15 is 0 Å². The Kier molecular flexibility index (Phi) is 3.48. The highest BCUT2D eigenvalue weighted by molar-refractivity contribution is 5.78. The lowest BCUT2D eigenvalue weighted by Crippen LogP contribution is -2.12. The minimum absolute atomic E-state index is 0.662. The molecule has 0 bridgehead atoms. The van der Waals surface area contributed by atoms with E-state index < -0.39 is 0 Å². The Balaban J connectivity index is 2.62. The van der Waals surface area contributed by atoms with Crippen LogP contribution in [0.15, 0.2) is 12.1 Å². The fourth-order valence-corrected chi connectivity index (χ4v) is 2.22.